The van der Waals surface area contributed by atoms with Gasteiger partial charge in [0, 0.05) is 6.04 Å². The molecule has 1 aliphatic rings. The molecule has 1 saturated carbocycles. The average molecular weight is 266 g/mol. The van der Waals surface area contributed by atoms with Crippen LogP contribution in [0.3, 0.4) is 0 Å². The molecule has 0 bridgehead atoms. The van der Waals surface area contributed by atoms with E-state index in [2.05, 4.69) is 19.2 Å². The lowest BCUT2D eigenvalue weighted by Gasteiger charge is -2.34. The summed E-state index contributed by atoms with van der Waals surface area (Å²) in [6.45, 7) is 3.12. The number of rotatable bonds is 4. The van der Waals surface area contributed by atoms with Gasteiger partial charge in [0.2, 0.25) is 5.91 Å². The fraction of sp³-hybridized carbons (Fsp3) is 0.917. The van der Waals surface area contributed by atoms with Gasteiger partial charge in [0.1, 0.15) is 6.54 Å². The third-order valence-corrected chi connectivity index (χ3v) is 3.38. The molecule has 1 amide bonds. The summed E-state index contributed by atoms with van der Waals surface area (Å²) in [7, 11) is 0. The molecule has 6 heteroatoms. The SMILES string of the molecule is CC1(C)CCC(NCC(=O)NCC(F)(F)F)CC1. The molecule has 18 heavy (non-hydrogen) atoms. The van der Waals surface area contributed by atoms with Gasteiger partial charge >= 0.3 is 6.18 Å². The third-order valence-electron chi connectivity index (χ3n) is 3.38. The molecule has 0 aromatic carbocycles. The number of amides is 1. The Morgan fingerprint density at radius 2 is 1.83 bits per heavy atom. The van der Waals surface area contributed by atoms with Crippen molar-refractivity contribution in [2.45, 2.75) is 51.7 Å². The quantitative estimate of drug-likeness (QED) is 0.819. The van der Waals surface area contributed by atoms with E-state index in [-0.39, 0.29) is 12.6 Å². The molecule has 0 aliphatic heterocycles. The number of carbonyl (C=O) groups is 1. The van der Waals surface area contributed by atoms with Crippen molar-refractivity contribution in [1.29, 1.82) is 0 Å². The maximum atomic E-state index is 11.9. The summed E-state index contributed by atoms with van der Waals surface area (Å²) >= 11 is 0. The van der Waals surface area contributed by atoms with E-state index < -0.39 is 18.6 Å². The number of carbonyl (C=O) groups excluding carboxylic acids is 1. The third kappa shape index (κ3) is 6.23. The topological polar surface area (TPSA) is 41.1 Å². The molecule has 0 aromatic rings. The van der Waals surface area contributed by atoms with Gasteiger partial charge in [-0.3, -0.25) is 4.79 Å². The molecule has 0 saturated heterocycles. The Bertz CT molecular complexity index is 280. The van der Waals surface area contributed by atoms with Gasteiger partial charge in [-0.1, -0.05) is 13.8 Å². The van der Waals surface area contributed by atoms with Crippen LogP contribution in [0.25, 0.3) is 0 Å². The van der Waals surface area contributed by atoms with Crippen LogP contribution in [0.15, 0.2) is 0 Å². The molecular formula is C12H21F3N2O. The zero-order chi connectivity index (χ0) is 13.8. The lowest BCUT2D eigenvalue weighted by atomic mass is 9.75. The molecule has 106 valence electrons. The van der Waals surface area contributed by atoms with Crippen LogP contribution in [-0.4, -0.2) is 31.2 Å². The Morgan fingerprint density at radius 3 is 2.33 bits per heavy atom. The van der Waals surface area contributed by atoms with Gasteiger partial charge in [0.25, 0.3) is 0 Å². The van der Waals surface area contributed by atoms with Crippen LogP contribution in [0.1, 0.15) is 39.5 Å². The fourth-order valence-electron chi connectivity index (χ4n) is 2.10. The zero-order valence-corrected chi connectivity index (χ0v) is 10.9. The highest BCUT2D eigenvalue weighted by molar-refractivity contribution is 5.78. The van der Waals surface area contributed by atoms with Gasteiger partial charge in [0.15, 0.2) is 0 Å². The van der Waals surface area contributed by atoms with Crippen LogP contribution in [0, 0.1) is 5.41 Å². The molecule has 1 rings (SSSR count). The summed E-state index contributed by atoms with van der Waals surface area (Å²) in [6, 6.07) is 0.245. The Morgan fingerprint density at radius 1 is 1.28 bits per heavy atom. The van der Waals surface area contributed by atoms with Gasteiger partial charge in [-0.2, -0.15) is 13.2 Å². The van der Waals surface area contributed by atoms with Crippen LogP contribution in [-0.2, 0) is 4.79 Å². The number of alkyl halides is 3. The van der Waals surface area contributed by atoms with Crippen molar-refractivity contribution in [3.63, 3.8) is 0 Å². The highest BCUT2D eigenvalue weighted by Crippen LogP contribution is 2.34. The lowest BCUT2D eigenvalue weighted by molar-refractivity contribution is -0.138. The van der Waals surface area contributed by atoms with Gasteiger partial charge in [-0.15, -0.1) is 0 Å². The zero-order valence-electron chi connectivity index (χ0n) is 10.9. The second-order valence-corrected chi connectivity index (χ2v) is 5.71. The molecule has 0 unspecified atom stereocenters. The first-order chi connectivity index (χ1) is 8.18. The summed E-state index contributed by atoms with van der Waals surface area (Å²) in [4.78, 5) is 11.2. The molecule has 0 aromatic heterocycles. The number of halogens is 3. The first kappa shape index (κ1) is 15.3. The minimum absolute atomic E-state index is 0.0405. The second-order valence-electron chi connectivity index (χ2n) is 5.71. The predicted octanol–water partition coefficient (Wildman–Crippen LogP) is 2.22. The molecule has 0 atom stereocenters. The highest BCUT2D eigenvalue weighted by Gasteiger charge is 2.29. The van der Waals surface area contributed by atoms with Crippen LogP contribution in [0.2, 0.25) is 0 Å². The summed E-state index contributed by atoms with van der Waals surface area (Å²) in [5.74, 6) is -0.600. The highest BCUT2D eigenvalue weighted by atomic mass is 19.4. The van der Waals surface area contributed by atoms with E-state index in [0.29, 0.717) is 5.41 Å². The van der Waals surface area contributed by atoms with E-state index in [9.17, 15) is 18.0 Å². The fourth-order valence-corrected chi connectivity index (χ4v) is 2.10. The van der Waals surface area contributed by atoms with Crippen molar-refractivity contribution in [2.24, 2.45) is 5.41 Å². The van der Waals surface area contributed by atoms with E-state index in [1.54, 1.807) is 0 Å². The van der Waals surface area contributed by atoms with E-state index in [1.807, 2.05) is 5.32 Å². The van der Waals surface area contributed by atoms with Crippen molar-refractivity contribution >= 4 is 5.91 Å². The minimum Gasteiger partial charge on any atom is -0.346 e. The first-order valence-electron chi connectivity index (χ1n) is 6.25. The Hall–Kier alpha value is -0.780. The van der Waals surface area contributed by atoms with E-state index in [0.717, 1.165) is 25.7 Å². The van der Waals surface area contributed by atoms with Crippen molar-refractivity contribution in [1.82, 2.24) is 10.6 Å². The van der Waals surface area contributed by atoms with Crippen molar-refractivity contribution in [3.05, 3.63) is 0 Å². The first-order valence-corrected chi connectivity index (χ1v) is 6.25. The van der Waals surface area contributed by atoms with Gasteiger partial charge < -0.3 is 10.6 Å². The molecule has 0 heterocycles. The van der Waals surface area contributed by atoms with Crippen molar-refractivity contribution in [2.75, 3.05) is 13.1 Å². The molecular weight excluding hydrogens is 245 g/mol. The molecule has 2 N–H and O–H groups in total. The van der Waals surface area contributed by atoms with Crippen LogP contribution in [0.4, 0.5) is 13.2 Å². The van der Waals surface area contributed by atoms with E-state index >= 15 is 0 Å². The monoisotopic (exact) mass is 266 g/mol. The normalized spacial score (nSPS) is 20.7. The summed E-state index contributed by atoms with van der Waals surface area (Å²) in [5, 5.41) is 4.87. The molecule has 1 fully saturated rings. The standard InChI is InChI=1S/C12H21F3N2O/c1-11(2)5-3-9(4-6-11)16-7-10(18)17-8-12(13,14)15/h9,16H,3-8H2,1-2H3,(H,17,18). The maximum Gasteiger partial charge on any atom is 0.405 e. The smallest absolute Gasteiger partial charge is 0.346 e. The van der Waals surface area contributed by atoms with Crippen molar-refractivity contribution < 1.29 is 18.0 Å². The Labute approximate surface area is 106 Å². The summed E-state index contributed by atoms with van der Waals surface area (Å²) < 4.78 is 35.6. The van der Waals surface area contributed by atoms with Gasteiger partial charge in [-0.05, 0) is 31.1 Å². The van der Waals surface area contributed by atoms with Crippen molar-refractivity contribution in [3.8, 4) is 0 Å². The number of hydrogen-bond donors (Lipinski definition) is 2. The Balaban J connectivity index is 2.16. The number of hydrogen-bond acceptors (Lipinski definition) is 2. The van der Waals surface area contributed by atoms with Crippen LogP contribution < -0.4 is 10.6 Å². The maximum absolute atomic E-state index is 11.9. The lowest BCUT2D eigenvalue weighted by Crippen LogP contribution is -2.43. The molecule has 0 spiro atoms. The summed E-state index contributed by atoms with van der Waals surface area (Å²) in [6.07, 6.45) is -0.243. The minimum atomic E-state index is -4.34. The molecule has 3 nitrogen and oxygen atoms in total. The number of nitrogens with one attached hydrogen (secondary N) is 2. The van der Waals surface area contributed by atoms with Crippen LogP contribution in [0.5, 0.6) is 0 Å². The molecule has 1 aliphatic carbocycles. The predicted molar refractivity (Wildman–Crippen MR) is 63.1 cm³/mol. The average Bonchev–Trinajstić information content (AvgIpc) is 2.24. The van der Waals surface area contributed by atoms with Gasteiger partial charge in [0.05, 0.1) is 6.54 Å². The van der Waals surface area contributed by atoms with E-state index in [4.69, 9.17) is 0 Å². The largest absolute Gasteiger partial charge is 0.405 e. The van der Waals surface area contributed by atoms with Gasteiger partial charge in [-0.25, -0.2) is 0 Å². The summed E-state index contributed by atoms with van der Waals surface area (Å²) in [5.41, 5.74) is 0.344. The van der Waals surface area contributed by atoms with E-state index in [1.165, 1.54) is 0 Å². The molecule has 0 radical (unpaired) electrons. The van der Waals surface area contributed by atoms with Crippen LogP contribution >= 0.6 is 0 Å². The Kier molecular flexibility index (Phi) is 5.01. The second kappa shape index (κ2) is 5.91.